The van der Waals surface area contributed by atoms with Crippen LogP contribution in [0, 0.1) is 0 Å². The average Bonchev–Trinajstić information content (AvgIpc) is 2.61. The summed E-state index contributed by atoms with van der Waals surface area (Å²) in [7, 11) is 3.28. The fourth-order valence-electron chi connectivity index (χ4n) is 2.61. The minimum Gasteiger partial charge on any atom is -0.478 e. The molecule has 0 radical (unpaired) electrons. The van der Waals surface area contributed by atoms with E-state index in [4.69, 9.17) is 5.11 Å². The molecule has 0 saturated heterocycles. The van der Waals surface area contributed by atoms with Gasteiger partial charge in [-0.05, 0) is 23.3 Å². The second-order valence-electron chi connectivity index (χ2n) is 6.22. The Hall–Kier alpha value is -3.15. The molecule has 0 aromatic heterocycles. The molecule has 0 bridgehead atoms. The Morgan fingerprint density at radius 2 is 1.65 bits per heavy atom. The summed E-state index contributed by atoms with van der Waals surface area (Å²) in [6.07, 6.45) is 0.395. The Labute approximate surface area is 152 Å². The van der Waals surface area contributed by atoms with E-state index in [2.05, 4.69) is 5.32 Å². The van der Waals surface area contributed by atoms with Gasteiger partial charge < -0.3 is 15.3 Å². The van der Waals surface area contributed by atoms with Crippen LogP contribution in [0.3, 0.4) is 0 Å². The van der Waals surface area contributed by atoms with Gasteiger partial charge >= 0.3 is 5.97 Å². The Bertz CT molecular complexity index is 787. The zero-order valence-corrected chi connectivity index (χ0v) is 14.8. The normalized spacial score (nSPS) is 11.5. The van der Waals surface area contributed by atoms with Crippen LogP contribution in [0.2, 0.25) is 0 Å². The predicted molar refractivity (Wildman–Crippen MR) is 97.9 cm³/mol. The summed E-state index contributed by atoms with van der Waals surface area (Å²) in [4.78, 5) is 37.3. The molecule has 2 rings (SSSR count). The summed E-state index contributed by atoms with van der Waals surface area (Å²) in [5.74, 6) is -1.57. The van der Waals surface area contributed by atoms with Gasteiger partial charge in [0.15, 0.2) is 0 Å². The SMILES string of the molecule is CN(C)C(=O)C(Cc1ccccc1)NC(=O)Cc1cccc(C(=O)O)c1. The van der Waals surface area contributed by atoms with Crippen LogP contribution in [-0.4, -0.2) is 47.9 Å². The third-order valence-electron chi connectivity index (χ3n) is 3.90. The number of hydrogen-bond acceptors (Lipinski definition) is 3. The largest absolute Gasteiger partial charge is 0.478 e. The second-order valence-corrected chi connectivity index (χ2v) is 6.22. The number of carboxylic acids is 1. The fraction of sp³-hybridized carbons (Fsp3) is 0.250. The van der Waals surface area contributed by atoms with E-state index in [9.17, 15) is 14.4 Å². The van der Waals surface area contributed by atoms with Gasteiger partial charge in [-0.2, -0.15) is 0 Å². The Kier molecular flexibility index (Phi) is 6.49. The van der Waals surface area contributed by atoms with E-state index in [0.717, 1.165) is 5.56 Å². The summed E-state index contributed by atoms with van der Waals surface area (Å²) in [5.41, 5.74) is 1.65. The van der Waals surface area contributed by atoms with Crippen LogP contribution in [0.5, 0.6) is 0 Å². The zero-order valence-electron chi connectivity index (χ0n) is 14.8. The first-order chi connectivity index (χ1) is 12.4. The number of carbonyl (C=O) groups is 3. The van der Waals surface area contributed by atoms with E-state index in [1.165, 1.54) is 17.0 Å². The van der Waals surface area contributed by atoms with Gasteiger partial charge in [0, 0.05) is 20.5 Å². The minimum atomic E-state index is -1.04. The van der Waals surface area contributed by atoms with Crippen molar-refractivity contribution in [3.63, 3.8) is 0 Å². The van der Waals surface area contributed by atoms with Crippen LogP contribution in [-0.2, 0) is 22.4 Å². The van der Waals surface area contributed by atoms with Crippen molar-refractivity contribution in [2.45, 2.75) is 18.9 Å². The number of carboxylic acid groups (broad SMARTS) is 1. The van der Waals surface area contributed by atoms with Crippen LogP contribution in [0.1, 0.15) is 21.5 Å². The number of nitrogens with zero attached hydrogens (tertiary/aromatic N) is 1. The van der Waals surface area contributed by atoms with Gasteiger partial charge in [-0.25, -0.2) is 4.79 Å². The summed E-state index contributed by atoms with van der Waals surface area (Å²) >= 11 is 0. The van der Waals surface area contributed by atoms with Crippen molar-refractivity contribution in [1.29, 1.82) is 0 Å². The number of hydrogen-bond donors (Lipinski definition) is 2. The molecule has 0 heterocycles. The zero-order chi connectivity index (χ0) is 19.1. The van der Waals surface area contributed by atoms with Crippen molar-refractivity contribution in [1.82, 2.24) is 10.2 Å². The van der Waals surface area contributed by atoms with Crippen molar-refractivity contribution in [3.05, 3.63) is 71.3 Å². The average molecular weight is 354 g/mol. The molecule has 136 valence electrons. The first kappa shape index (κ1) is 19.2. The van der Waals surface area contributed by atoms with E-state index in [-0.39, 0.29) is 23.8 Å². The first-order valence-electron chi connectivity index (χ1n) is 8.23. The van der Waals surface area contributed by atoms with Crippen molar-refractivity contribution >= 4 is 17.8 Å². The van der Waals surface area contributed by atoms with Crippen LogP contribution in [0.15, 0.2) is 54.6 Å². The van der Waals surface area contributed by atoms with Crippen LogP contribution >= 0.6 is 0 Å². The summed E-state index contributed by atoms with van der Waals surface area (Å²) in [5, 5.41) is 11.8. The number of benzene rings is 2. The Balaban J connectivity index is 2.09. The highest BCUT2D eigenvalue weighted by atomic mass is 16.4. The highest BCUT2D eigenvalue weighted by Gasteiger charge is 2.22. The van der Waals surface area contributed by atoms with Gasteiger partial charge in [-0.1, -0.05) is 42.5 Å². The maximum atomic E-state index is 12.4. The molecular weight excluding hydrogens is 332 g/mol. The fourth-order valence-corrected chi connectivity index (χ4v) is 2.61. The molecule has 0 fully saturated rings. The smallest absolute Gasteiger partial charge is 0.335 e. The molecule has 6 nitrogen and oxygen atoms in total. The van der Waals surface area contributed by atoms with Crippen LogP contribution in [0.25, 0.3) is 0 Å². The molecule has 2 N–H and O–H groups in total. The summed E-state index contributed by atoms with van der Waals surface area (Å²) in [6, 6.07) is 15.0. The standard InChI is InChI=1S/C20H22N2O4/c1-22(2)19(24)17(12-14-7-4-3-5-8-14)21-18(23)13-15-9-6-10-16(11-15)20(25)26/h3-11,17H,12-13H2,1-2H3,(H,21,23)(H,25,26). The van der Waals surface area contributed by atoms with Crippen molar-refractivity contribution in [2.24, 2.45) is 0 Å². The van der Waals surface area contributed by atoms with Gasteiger partial charge in [-0.15, -0.1) is 0 Å². The van der Waals surface area contributed by atoms with Gasteiger partial charge in [0.1, 0.15) is 6.04 Å². The quantitative estimate of drug-likeness (QED) is 0.793. The number of nitrogens with one attached hydrogen (secondary N) is 1. The number of rotatable bonds is 7. The second kappa shape index (κ2) is 8.80. The topological polar surface area (TPSA) is 86.7 Å². The van der Waals surface area contributed by atoms with E-state index < -0.39 is 12.0 Å². The summed E-state index contributed by atoms with van der Waals surface area (Å²) < 4.78 is 0. The molecule has 2 aromatic rings. The molecule has 2 aromatic carbocycles. The van der Waals surface area contributed by atoms with Crippen LogP contribution < -0.4 is 5.32 Å². The molecule has 26 heavy (non-hydrogen) atoms. The van der Waals surface area contributed by atoms with Crippen molar-refractivity contribution < 1.29 is 19.5 Å². The molecule has 0 aliphatic rings. The van der Waals surface area contributed by atoms with E-state index in [0.29, 0.717) is 12.0 Å². The van der Waals surface area contributed by atoms with Gasteiger partial charge in [0.2, 0.25) is 11.8 Å². The Morgan fingerprint density at radius 3 is 2.27 bits per heavy atom. The maximum absolute atomic E-state index is 12.4. The molecule has 0 spiro atoms. The summed E-state index contributed by atoms with van der Waals surface area (Å²) in [6.45, 7) is 0. The van der Waals surface area contributed by atoms with Gasteiger partial charge in [0.25, 0.3) is 0 Å². The number of aromatic carboxylic acids is 1. The monoisotopic (exact) mass is 354 g/mol. The molecule has 6 heteroatoms. The lowest BCUT2D eigenvalue weighted by atomic mass is 10.0. The minimum absolute atomic E-state index is 0.00706. The highest BCUT2D eigenvalue weighted by molar-refractivity contribution is 5.90. The third kappa shape index (κ3) is 5.44. The molecule has 0 aliphatic carbocycles. The highest BCUT2D eigenvalue weighted by Crippen LogP contribution is 2.08. The molecule has 2 amide bonds. The van der Waals surface area contributed by atoms with Crippen molar-refractivity contribution in [3.8, 4) is 0 Å². The van der Waals surface area contributed by atoms with Crippen molar-refractivity contribution in [2.75, 3.05) is 14.1 Å². The van der Waals surface area contributed by atoms with Crippen LogP contribution in [0.4, 0.5) is 0 Å². The Morgan fingerprint density at radius 1 is 1.00 bits per heavy atom. The van der Waals surface area contributed by atoms with E-state index in [1.54, 1.807) is 26.2 Å². The lowest BCUT2D eigenvalue weighted by Gasteiger charge is -2.22. The molecule has 0 aliphatic heterocycles. The molecule has 1 unspecified atom stereocenters. The lowest BCUT2D eigenvalue weighted by Crippen LogP contribution is -2.48. The third-order valence-corrected chi connectivity index (χ3v) is 3.90. The lowest BCUT2D eigenvalue weighted by molar-refractivity contribution is -0.134. The maximum Gasteiger partial charge on any atom is 0.335 e. The van der Waals surface area contributed by atoms with E-state index in [1.807, 2.05) is 30.3 Å². The predicted octanol–water partition coefficient (Wildman–Crippen LogP) is 1.74. The first-order valence-corrected chi connectivity index (χ1v) is 8.23. The molecule has 0 saturated carbocycles. The molecular formula is C20H22N2O4. The van der Waals surface area contributed by atoms with E-state index >= 15 is 0 Å². The number of amides is 2. The number of likely N-dealkylation sites (N-methyl/N-ethyl adjacent to an activating group) is 1. The van der Waals surface area contributed by atoms with Gasteiger partial charge in [-0.3, -0.25) is 9.59 Å². The number of carbonyl (C=O) groups excluding carboxylic acids is 2. The molecule has 1 atom stereocenters. The van der Waals surface area contributed by atoms with Gasteiger partial charge in [0.05, 0.1) is 12.0 Å².